The minimum atomic E-state index is -1.05. The second-order valence-corrected chi connectivity index (χ2v) is 6.37. The Labute approximate surface area is 149 Å². The zero-order chi connectivity index (χ0) is 19.5. The van der Waals surface area contributed by atoms with Gasteiger partial charge in [-0.15, -0.1) is 13.2 Å². The first-order valence-electron chi connectivity index (χ1n) is 8.17. The van der Waals surface area contributed by atoms with Crippen molar-refractivity contribution in [1.29, 1.82) is 5.26 Å². The highest BCUT2D eigenvalue weighted by molar-refractivity contribution is 5.77. The maximum absolute atomic E-state index is 12.5. The van der Waals surface area contributed by atoms with Crippen molar-refractivity contribution in [2.45, 2.75) is 44.9 Å². The summed E-state index contributed by atoms with van der Waals surface area (Å²) in [5, 5.41) is 11.9. The van der Waals surface area contributed by atoms with E-state index in [1.165, 1.54) is 12.2 Å². The van der Waals surface area contributed by atoms with Gasteiger partial charge in [0, 0.05) is 0 Å². The normalized spacial score (nSPS) is 15.5. The highest BCUT2D eigenvalue weighted by Crippen LogP contribution is 2.39. The van der Waals surface area contributed by atoms with Crippen molar-refractivity contribution in [3.63, 3.8) is 0 Å². The van der Waals surface area contributed by atoms with E-state index in [4.69, 9.17) is 0 Å². The first-order valence-corrected chi connectivity index (χ1v) is 8.17. The molecule has 0 spiro atoms. The molecule has 0 unspecified atom stereocenters. The summed E-state index contributed by atoms with van der Waals surface area (Å²) in [7, 11) is 0. The van der Waals surface area contributed by atoms with E-state index in [1.807, 2.05) is 0 Å². The largest absolute Gasteiger partial charge is 0.337 e. The molecule has 0 bridgehead atoms. The zero-order valence-corrected chi connectivity index (χ0v) is 14.6. The summed E-state index contributed by atoms with van der Waals surface area (Å²) in [6.07, 6.45) is 4.35. The third-order valence-electron chi connectivity index (χ3n) is 4.34. The van der Waals surface area contributed by atoms with Crippen LogP contribution in [0.1, 0.15) is 19.8 Å². The predicted octanol–water partition coefficient (Wildman–Crippen LogP) is -0.648. The Morgan fingerprint density at radius 1 is 1.15 bits per heavy atom. The Morgan fingerprint density at radius 3 is 2.00 bits per heavy atom. The van der Waals surface area contributed by atoms with Crippen LogP contribution >= 0.6 is 0 Å². The number of carbonyl (C=O) groups is 1. The smallest absolute Gasteiger partial charge is 0.336 e. The highest BCUT2D eigenvalue weighted by Gasteiger charge is 2.43. The summed E-state index contributed by atoms with van der Waals surface area (Å²) < 4.78 is 2.31. The van der Waals surface area contributed by atoms with Gasteiger partial charge in [0.25, 0.3) is 0 Å². The molecule has 0 aliphatic heterocycles. The fraction of sp³-hybridized carbons (Fsp3) is 0.471. The van der Waals surface area contributed by atoms with Crippen LogP contribution in [0.15, 0.2) is 39.7 Å². The molecule has 138 valence electrons. The van der Waals surface area contributed by atoms with Crippen molar-refractivity contribution in [2.75, 3.05) is 0 Å². The molecule has 1 atom stereocenters. The molecular formula is C17H21N5O4. The lowest BCUT2D eigenvalue weighted by Gasteiger charge is -2.23. The monoisotopic (exact) mass is 359 g/mol. The summed E-state index contributed by atoms with van der Waals surface area (Å²) >= 11 is 0. The summed E-state index contributed by atoms with van der Waals surface area (Å²) in [5.74, 6) is -0.588. The van der Waals surface area contributed by atoms with Gasteiger partial charge in [-0.2, -0.15) is 5.26 Å². The molecular weight excluding hydrogens is 338 g/mol. The lowest BCUT2D eigenvalue weighted by molar-refractivity contribution is -0.123. The standard InChI is InChI=1S/C17H21N5O4/c1-4-8-20-14(24)21(9-5-2)16(26)22(15(20)25)10-13(23)19-17(3,11-18)12-6-7-12/h4-5,12H,1-2,6-10H2,3H3,(H,19,23)/t17-/m1/s1. The van der Waals surface area contributed by atoms with Crippen molar-refractivity contribution in [3.8, 4) is 6.07 Å². The molecule has 26 heavy (non-hydrogen) atoms. The predicted molar refractivity (Wildman–Crippen MR) is 94.5 cm³/mol. The molecule has 1 aliphatic rings. The summed E-state index contributed by atoms with van der Waals surface area (Å²) in [4.78, 5) is 49.6. The Bertz CT molecular complexity index is 909. The number of hydrogen-bond donors (Lipinski definition) is 1. The molecule has 1 N–H and O–H groups in total. The zero-order valence-electron chi connectivity index (χ0n) is 14.6. The summed E-state index contributed by atoms with van der Waals surface area (Å²) in [6.45, 7) is 7.78. The van der Waals surface area contributed by atoms with Crippen LogP contribution in [0.5, 0.6) is 0 Å². The van der Waals surface area contributed by atoms with Gasteiger partial charge in [-0.05, 0) is 25.7 Å². The molecule has 0 saturated heterocycles. The van der Waals surface area contributed by atoms with E-state index < -0.39 is 35.1 Å². The van der Waals surface area contributed by atoms with Gasteiger partial charge in [-0.3, -0.25) is 4.79 Å². The van der Waals surface area contributed by atoms with E-state index in [-0.39, 0.29) is 19.0 Å². The Hall–Kier alpha value is -3.15. The van der Waals surface area contributed by atoms with Gasteiger partial charge in [0.05, 0.1) is 19.2 Å². The first kappa shape index (κ1) is 19.2. The second kappa shape index (κ2) is 7.39. The van der Waals surface area contributed by atoms with E-state index in [0.29, 0.717) is 4.57 Å². The molecule has 1 aromatic heterocycles. The minimum Gasteiger partial charge on any atom is -0.336 e. The third-order valence-corrected chi connectivity index (χ3v) is 4.34. The summed E-state index contributed by atoms with van der Waals surface area (Å²) in [6, 6.07) is 2.07. The van der Waals surface area contributed by atoms with Gasteiger partial charge in [-0.1, -0.05) is 12.2 Å². The van der Waals surface area contributed by atoms with Crippen molar-refractivity contribution < 1.29 is 4.79 Å². The van der Waals surface area contributed by atoms with Gasteiger partial charge in [0.2, 0.25) is 5.91 Å². The van der Waals surface area contributed by atoms with Crippen LogP contribution < -0.4 is 22.4 Å². The number of aromatic nitrogens is 3. The molecule has 1 fully saturated rings. The van der Waals surface area contributed by atoms with Gasteiger partial charge in [0.15, 0.2) is 0 Å². The molecule has 2 rings (SSSR count). The topological polar surface area (TPSA) is 119 Å². The number of amides is 1. The molecule has 1 aromatic rings. The van der Waals surface area contributed by atoms with E-state index in [9.17, 15) is 24.4 Å². The molecule has 1 aliphatic carbocycles. The molecule has 9 nitrogen and oxygen atoms in total. The van der Waals surface area contributed by atoms with Gasteiger partial charge >= 0.3 is 17.1 Å². The van der Waals surface area contributed by atoms with Gasteiger partial charge in [-0.25, -0.2) is 28.1 Å². The molecule has 1 heterocycles. The lowest BCUT2D eigenvalue weighted by Crippen LogP contribution is -2.56. The third kappa shape index (κ3) is 3.59. The number of allylic oxidation sites excluding steroid dienone is 2. The van der Waals surface area contributed by atoms with Crippen molar-refractivity contribution in [1.82, 2.24) is 19.0 Å². The lowest BCUT2D eigenvalue weighted by atomic mass is 9.98. The quantitative estimate of drug-likeness (QED) is 0.619. The van der Waals surface area contributed by atoms with Crippen LogP contribution in [0.4, 0.5) is 0 Å². The van der Waals surface area contributed by atoms with Crippen molar-refractivity contribution in [2.24, 2.45) is 5.92 Å². The van der Waals surface area contributed by atoms with Crippen molar-refractivity contribution >= 4 is 5.91 Å². The molecule has 1 amide bonds. The van der Waals surface area contributed by atoms with Crippen LogP contribution in [0, 0.1) is 17.2 Å². The van der Waals surface area contributed by atoms with Crippen LogP contribution in [0.25, 0.3) is 0 Å². The summed E-state index contributed by atoms with van der Waals surface area (Å²) in [5.41, 5.74) is -3.65. The maximum atomic E-state index is 12.5. The van der Waals surface area contributed by atoms with Crippen molar-refractivity contribution in [3.05, 3.63) is 56.8 Å². The number of carbonyl (C=O) groups excluding carboxylic acids is 1. The average molecular weight is 359 g/mol. The average Bonchev–Trinajstić information content (AvgIpc) is 3.45. The number of hydrogen-bond acceptors (Lipinski definition) is 5. The Kier molecular flexibility index (Phi) is 5.45. The van der Waals surface area contributed by atoms with E-state index in [2.05, 4.69) is 24.5 Å². The molecule has 0 aromatic carbocycles. The van der Waals surface area contributed by atoms with E-state index in [0.717, 1.165) is 22.0 Å². The van der Waals surface area contributed by atoms with Crippen LogP contribution in [0.2, 0.25) is 0 Å². The maximum Gasteiger partial charge on any atom is 0.337 e. The van der Waals surface area contributed by atoms with Crippen LogP contribution in [-0.2, 0) is 24.4 Å². The molecule has 9 heteroatoms. The molecule has 1 saturated carbocycles. The van der Waals surface area contributed by atoms with Gasteiger partial charge in [0.1, 0.15) is 12.1 Å². The fourth-order valence-corrected chi connectivity index (χ4v) is 2.74. The second-order valence-electron chi connectivity index (χ2n) is 6.37. The van der Waals surface area contributed by atoms with E-state index >= 15 is 0 Å². The Balaban J connectivity index is 2.44. The number of nitriles is 1. The van der Waals surface area contributed by atoms with Crippen LogP contribution in [-0.4, -0.2) is 25.1 Å². The fourth-order valence-electron chi connectivity index (χ4n) is 2.74. The number of rotatable bonds is 8. The first-order chi connectivity index (χ1) is 12.3. The van der Waals surface area contributed by atoms with E-state index in [1.54, 1.807) is 6.92 Å². The molecule has 0 radical (unpaired) electrons. The Morgan fingerprint density at radius 2 is 1.62 bits per heavy atom. The highest BCUT2D eigenvalue weighted by atomic mass is 16.2. The number of nitrogens with one attached hydrogen (secondary N) is 1. The minimum absolute atomic E-state index is 0.0558. The van der Waals surface area contributed by atoms with Gasteiger partial charge < -0.3 is 5.32 Å². The SMILES string of the molecule is C=CCn1c(=O)n(CC=C)c(=O)n(CC(=O)N[C@](C)(C#N)C2CC2)c1=O. The number of nitrogens with zero attached hydrogens (tertiary/aromatic N) is 4. The van der Waals surface area contributed by atoms with Crippen LogP contribution in [0.3, 0.4) is 0 Å².